The van der Waals surface area contributed by atoms with E-state index in [-0.39, 0.29) is 5.54 Å². The molecule has 2 N–H and O–H groups in total. The summed E-state index contributed by atoms with van der Waals surface area (Å²) in [6, 6.07) is 12.0. The van der Waals surface area contributed by atoms with Gasteiger partial charge >= 0.3 is 0 Å². The number of ether oxygens (including phenoxy) is 2. The van der Waals surface area contributed by atoms with Crippen LogP contribution in [0.3, 0.4) is 0 Å². The van der Waals surface area contributed by atoms with E-state index in [0.29, 0.717) is 29.7 Å². The molecule has 31 heavy (non-hydrogen) atoms. The highest BCUT2D eigenvalue weighted by Gasteiger charge is 2.39. The van der Waals surface area contributed by atoms with Crippen molar-refractivity contribution in [2.45, 2.75) is 43.0 Å². The van der Waals surface area contributed by atoms with Gasteiger partial charge in [0.05, 0.1) is 24.5 Å². The molecule has 1 aliphatic carbocycles. The fraction of sp³-hybridized carbons (Fsp3) is 0.417. The van der Waals surface area contributed by atoms with Crippen LogP contribution in [0.5, 0.6) is 11.6 Å². The number of hydrogen-bond donors (Lipinski definition) is 1. The smallest absolute Gasteiger partial charge is 0.199 e. The fourth-order valence-electron chi connectivity index (χ4n) is 4.67. The Morgan fingerprint density at radius 2 is 2.23 bits per heavy atom. The molecule has 3 aromatic rings. The van der Waals surface area contributed by atoms with Crippen LogP contribution in [0.15, 0.2) is 41.4 Å². The molecule has 162 valence electrons. The number of rotatable bonds is 7. The minimum atomic E-state index is -0.344. The summed E-state index contributed by atoms with van der Waals surface area (Å²) in [6.45, 7) is 2.59. The van der Waals surface area contributed by atoms with Gasteiger partial charge in [-0.1, -0.05) is 25.8 Å². The fourth-order valence-corrected chi connectivity index (χ4v) is 5.27. The van der Waals surface area contributed by atoms with Crippen LogP contribution in [0.25, 0.3) is 16.9 Å². The molecule has 2 unspecified atom stereocenters. The van der Waals surface area contributed by atoms with Crippen LogP contribution < -0.4 is 15.2 Å². The van der Waals surface area contributed by atoms with Crippen molar-refractivity contribution >= 4 is 17.4 Å². The van der Waals surface area contributed by atoms with Gasteiger partial charge in [0.2, 0.25) is 0 Å². The SMILES string of the molecule is CCC1CCCC1(N)COc1cc(-c2cnc3cccc(OC)n23)cc(SC)c1C#N. The van der Waals surface area contributed by atoms with Crippen molar-refractivity contribution in [2.24, 2.45) is 11.7 Å². The topological polar surface area (TPSA) is 85.6 Å². The van der Waals surface area contributed by atoms with E-state index in [1.54, 1.807) is 7.11 Å². The second-order valence-corrected chi connectivity index (χ2v) is 8.94. The number of fused-ring (bicyclic) bond motifs is 1. The molecule has 2 aromatic heterocycles. The lowest BCUT2D eigenvalue weighted by Gasteiger charge is -2.31. The lowest BCUT2D eigenvalue weighted by molar-refractivity contribution is 0.175. The van der Waals surface area contributed by atoms with Crippen molar-refractivity contribution in [3.05, 3.63) is 42.1 Å². The third-order valence-electron chi connectivity index (χ3n) is 6.39. The normalized spacial score (nSPS) is 20.7. The predicted molar refractivity (Wildman–Crippen MR) is 124 cm³/mol. The van der Waals surface area contributed by atoms with E-state index >= 15 is 0 Å². The molecule has 0 amide bonds. The van der Waals surface area contributed by atoms with Crippen molar-refractivity contribution in [2.75, 3.05) is 20.0 Å². The van der Waals surface area contributed by atoms with Crippen LogP contribution >= 0.6 is 11.8 Å². The molecule has 2 atom stereocenters. The molecule has 0 spiro atoms. The first-order chi connectivity index (χ1) is 15.0. The minimum Gasteiger partial charge on any atom is -0.490 e. The van der Waals surface area contributed by atoms with Crippen molar-refractivity contribution in [1.29, 1.82) is 5.26 Å². The molecule has 4 rings (SSSR count). The number of aromatic nitrogens is 2. The maximum Gasteiger partial charge on any atom is 0.199 e. The van der Waals surface area contributed by atoms with Crippen LogP contribution in [-0.2, 0) is 0 Å². The Bertz CT molecular complexity index is 1140. The maximum absolute atomic E-state index is 9.85. The highest BCUT2D eigenvalue weighted by molar-refractivity contribution is 7.98. The van der Waals surface area contributed by atoms with E-state index in [9.17, 15) is 5.26 Å². The Morgan fingerprint density at radius 3 is 2.94 bits per heavy atom. The van der Waals surface area contributed by atoms with Crippen molar-refractivity contribution in [3.8, 4) is 29.0 Å². The molecule has 1 aliphatic rings. The van der Waals surface area contributed by atoms with E-state index in [4.69, 9.17) is 15.2 Å². The summed E-state index contributed by atoms with van der Waals surface area (Å²) in [6.07, 6.45) is 8.05. The van der Waals surface area contributed by atoms with E-state index < -0.39 is 0 Å². The number of imidazole rings is 1. The van der Waals surface area contributed by atoms with E-state index in [0.717, 1.165) is 47.5 Å². The first kappa shape index (κ1) is 21.5. The zero-order valence-corrected chi connectivity index (χ0v) is 19.0. The standard InChI is InChI=1S/C24H28N4O2S/c1-4-17-7-6-10-24(17,26)15-30-20-11-16(12-21(31-3)18(20)13-25)19-14-27-22-8-5-9-23(29-2)28(19)22/h5,8-9,11-12,14,17H,4,6-7,10,15,26H2,1-3H3. The first-order valence-electron chi connectivity index (χ1n) is 10.6. The van der Waals surface area contributed by atoms with Crippen molar-refractivity contribution in [3.63, 3.8) is 0 Å². The third kappa shape index (κ3) is 3.86. The highest BCUT2D eigenvalue weighted by Crippen LogP contribution is 2.39. The third-order valence-corrected chi connectivity index (χ3v) is 7.16. The van der Waals surface area contributed by atoms with Gasteiger partial charge in [-0.2, -0.15) is 5.26 Å². The van der Waals surface area contributed by atoms with Crippen LogP contribution in [-0.4, -0.2) is 34.9 Å². The number of hydrogen-bond acceptors (Lipinski definition) is 6. The summed E-state index contributed by atoms with van der Waals surface area (Å²) in [5.74, 6) is 1.71. The monoisotopic (exact) mass is 436 g/mol. The Hall–Kier alpha value is -2.69. The molecule has 0 aliphatic heterocycles. The number of nitrogens with two attached hydrogens (primary N) is 1. The van der Waals surface area contributed by atoms with Gasteiger partial charge in [0.25, 0.3) is 0 Å². The molecule has 1 fully saturated rings. The van der Waals surface area contributed by atoms with Gasteiger partial charge in [-0.05, 0) is 49.3 Å². The lowest BCUT2D eigenvalue weighted by atomic mass is 9.87. The van der Waals surface area contributed by atoms with Gasteiger partial charge in [-0.3, -0.25) is 4.40 Å². The molecule has 6 nitrogen and oxygen atoms in total. The number of nitriles is 1. The average molecular weight is 437 g/mol. The molecular formula is C24H28N4O2S. The van der Waals surface area contributed by atoms with E-state index in [1.807, 2.05) is 47.2 Å². The van der Waals surface area contributed by atoms with Crippen LogP contribution in [0.1, 0.15) is 38.2 Å². The number of methoxy groups -OCH3 is 1. The zero-order chi connectivity index (χ0) is 22.0. The van der Waals surface area contributed by atoms with Gasteiger partial charge in [0.15, 0.2) is 5.88 Å². The van der Waals surface area contributed by atoms with Gasteiger partial charge in [-0.25, -0.2) is 4.98 Å². The second kappa shape index (κ2) is 8.81. The number of thioether (sulfide) groups is 1. The van der Waals surface area contributed by atoms with Crippen LogP contribution in [0.2, 0.25) is 0 Å². The number of benzene rings is 1. The molecule has 7 heteroatoms. The quantitative estimate of drug-likeness (QED) is 0.531. The Morgan fingerprint density at radius 1 is 1.39 bits per heavy atom. The van der Waals surface area contributed by atoms with Crippen LogP contribution in [0.4, 0.5) is 0 Å². The van der Waals surface area contributed by atoms with E-state index in [1.165, 1.54) is 11.8 Å². The van der Waals surface area contributed by atoms with Gasteiger partial charge < -0.3 is 15.2 Å². The summed E-state index contributed by atoms with van der Waals surface area (Å²) in [4.78, 5) is 5.39. The molecule has 1 saturated carbocycles. The van der Waals surface area contributed by atoms with Crippen LogP contribution in [0, 0.1) is 17.2 Å². The molecular weight excluding hydrogens is 408 g/mol. The molecule has 0 radical (unpaired) electrons. The zero-order valence-electron chi connectivity index (χ0n) is 18.2. The molecule has 0 saturated heterocycles. The predicted octanol–water partition coefficient (Wildman–Crippen LogP) is 4.89. The molecule has 0 bridgehead atoms. The first-order valence-corrected chi connectivity index (χ1v) is 11.8. The maximum atomic E-state index is 9.85. The molecule has 2 heterocycles. The van der Waals surface area contributed by atoms with Crippen molar-refractivity contribution < 1.29 is 9.47 Å². The van der Waals surface area contributed by atoms with Crippen molar-refractivity contribution in [1.82, 2.24) is 9.38 Å². The number of pyridine rings is 1. The summed E-state index contributed by atoms with van der Waals surface area (Å²) in [5, 5.41) is 9.85. The Labute approximate surface area is 187 Å². The van der Waals surface area contributed by atoms with Gasteiger partial charge in [0, 0.05) is 10.5 Å². The number of nitrogens with zero attached hydrogens (tertiary/aromatic N) is 3. The molecule has 1 aromatic carbocycles. The van der Waals surface area contributed by atoms with Gasteiger partial charge in [0.1, 0.15) is 29.6 Å². The Balaban J connectivity index is 1.77. The largest absolute Gasteiger partial charge is 0.490 e. The summed E-state index contributed by atoms with van der Waals surface area (Å²) < 4.78 is 13.8. The summed E-state index contributed by atoms with van der Waals surface area (Å²) in [7, 11) is 1.64. The van der Waals surface area contributed by atoms with E-state index in [2.05, 4.69) is 18.0 Å². The highest BCUT2D eigenvalue weighted by atomic mass is 32.2. The summed E-state index contributed by atoms with van der Waals surface area (Å²) >= 11 is 1.53. The summed E-state index contributed by atoms with van der Waals surface area (Å²) in [5.41, 5.74) is 9.52. The second-order valence-electron chi connectivity index (χ2n) is 8.09. The average Bonchev–Trinajstić information content (AvgIpc) is 3.40. The van der Waals surface area contributed by atoms with Gasteiger partial charge in [-0.15, -0.1) is 11.8 Å². The Kier molecular flexibility index (Phi) is 6.12. The lowest BCUT2D eigenvalue weighted by Crippen LogP contribution is -2.48. The minimum absolute atomic E-state index is 0.344.